The van der Waals surface area contributed by atoms with E-state index in [9.17, 15) is 8.78 Å². The fourth-order valence-corrected chi connectivity index (χ4v) is 4.80. The average Bonchev–Trinajstić information content (AvgIpc) is 3.51. The first kappa shape index (κ1) is 14.3. The molecule has 1 aromatic heterocycles. The first-order valence-corrected chi connectivity index (χ1v) is 8.60. The largest absolute Gasteiger partial charge is 0.341 e. The number of nitrogens with zero attached hydrogens (tertiary/aromatic N) is 3. The van der Waals surface area contributed by atoms with Crippen LogP contribution in [-0.2, 0) is 0 Å². The van der Waals surface area contributed by atoms with Crippen LogP contribution in [0.1, 0.15) is 25.7 Å². The molecular formula is C19H19F2N3. The van der Waals surface area contributed by atoms with Gasteiger partial charge in [0.05, 0.1) is 0 Å². The number of halogens is 2. The zero-order valence-electron chi connectivity index (χ0n) is 13.4. The van der Waals surface area contributed by atoms with Crippen molar-refractivity contribution in [1.29, 1.82) is 0 Å². The lowest BCUT2D eigenvalue weighted by molar-refractivity contribution is 0.0467. The molecule has 2 spiro atoms. The van der Waals surface area contributed by atoms with Crippen molar-refractivity contribution < 1.29 is 8.78 Å². The molecule has 1 aliphatic heterocycles. The second-order valence-electron chi connectivity index (χ2n) is 7.36. The maximum absolute atomic E-state index is 14.2. The van der Waals surface area contributed by atoms with Crippen molar-refractivity contribution >= 4 is 5.95 Å². The zero-order valence-corrected chi connectivity index (χ0v) is 13.4. The number of piperidine rings is 1. The van der Waals surface area contributed by atoms with Crippen LogP contribution in [0, 0.1) is 10.8 Å². The average molecular weight is 327 g/mol. The molecule has 1 aromatic carbocycles. The van der Waals surface area contributed by atoms with Gasteiger partial charge in [0.25, 0.3) is 5.92 Å². The molecule has 3 fully saturated rings. The molecule has 2 saturated carbocycles. The lowest BCUT2D eigenvalue weighted by Crippen LogP contribution is -2.37. The summed E-state index contributed by atoms with van der Waals surface area (Å²) in [6.07, 6.45) is 6.17. The predicted molar refractivity (Wildman–Crippen MR) is 88.0 cm³/mol. The molecule has 1 saturated heterocycles. The minimum absolute atomic E-state index is 0.559. The summed E-state index contributed by atoms with van der Waals surface area (Å²) in [7, 11) is 0. The van der Waals surface area contributed by atoms with Crippen LogP contribution >= 0.6 is 0 Å². The number of hydrogen-bond acceptors (Lipinski definition) is 3. The molecule has 24 heavy (non-hydrogen) atoms. The Balaban J connectivity index is 1.31. The van der Waals surface area contributed by atoms with E-state index in [1.807, 2.05) is 47.6 Å². The van der Waals surface area contributed by atoms with Gasteiger partial charge in [-0.05, 0) is 31.2 Å². The van der Waals surface area contributed by atoms with Crippen molar-refractivity contribution in [3.8, 4) is 11.1 Å². The fourth-order valence-electron chi connectivity index (χ4n) is 4.80. The molecule has 0 bridgehead atoms. The Hall–Kier alpha value is -2.04. The van der Waals surface area contributed by atoms with E-state index in [0.717, 1.165) is 11.1 Å². The summed E-state index contributed by atoms with van der Waals surface area (Å²) in [5.74, 6) is -1.79. The summed E-state index contributed by atoms with van der Waals surface area (Å²) in [6.45, 7) is 1.25. The molecule has 0 unspecified atom stereocenters. The van der Waals surface area contributed by atoms with Crippen LogP contribution in [-0.4, -0.2) is 29.0 Å². The molecule has 2 aliphatic carbocycles. The lowest BCUT2D eigenvalue weighted by Gasteiger charge is -2.32. The summed E-state index contributed by atoms with van der Waals surface area (Å²) in [6, 6.07) is 9.98. The van der Waals surface area contributed by atoms with Crippen LogP contribution in [0.15, 0.2) is 42.7 Å². The van der Waals surface area contributed by atoms with Gasteiger partial charge in [-0.3, -0.25) is 0 Å². The van der Waals surface area contributed by atoms with E-state index >= 15 is 0 Å². The Morgan fingerprint density at radius 3 is 1.92 bits per heavy atom. The van der Waals surface area contributed by atoms with Crippen LogP contribution in [0.5, 0.6) is 0 Å². The lowest BCUT2D eigenvalue weighted by atomic mass is 9.89. The van der Waals surface area contributed by atoms with Gasteiger partial charge in [0.15, 0.2) is 0 Å². The molecule has 3 aliphatic rings. The third kappa shape index (κ3) is 1.65. The molecule has 124 valence electrons. The van der Waals surface area contributed by atoms with Crippen molar-refractivity contribution in [2.24, 2.45) is 10.8 Å². The summed E-state index contributed by atoms with van der Waals surface area (Å²) in [5.41, 5.74) is 0.693. The van der Waals surface area contributed by atoms with E-state index in [-0.39, 0.29) is 0 Å². The SMILES string of the molecule is FC1(F)C2(CCN(c3ncc(-c4ccccc4)cn3)CC2)C12CC2. The highest BCUT2D eigenvalue weighted by atomic mass is 19.3. The number of benzene rings is 1. The van der Waals surface area contributed by atoms with E-state index in [0.29, 0.717) is 44.7 Å². The quantitative estimate of drug-likeness (QED) is 0.829. The molecule has 2 heterocycles. The molecule has 3 nitrogen and oxygen atoms in total. The predicted octanol–water partition coefficient (Wildman–Crippen LogP) is 4.16. The Morgan fingerprint density at radius 1 is 0.792 bits per heavy atom. The number of rotatable bonds is 2. The minimum Gasteiger partial charge on any atom is -0.341 e. The first-order valence-electron chi connectivity index (χ1n) is 8.60. The Kier molecular flexibility index (Phi) is 2.70. The van der Waals surface area contributed by atoms with Gasteiger partial charge in [-0.2, -0.15) is 0 Å². The zero-order chi connectivity index (χ0) is 16.4. The monoisotopic (exact) mass is 327 g/mol. The van der Waals surface area contributed by atoms with Crippen molar-refractivity contribution in [2.75, 3.05) is 18.0 Å². The molecule has 0 amide bonds. The third-order valence-electron chi connectivity index (χ3n) is 6.45. The summed E-state index contributed by atoms with van der Waals surface area (Å²) < 4.78 is 28.5. The highest BCUT2D eigenvalue weighted by Gasteiger charge is 2.94. The van der Waals surface area contributed by atoms with Crippen LogP contribution in [0.25, 0.3) is 11.1 Å². The van der Waals surface area contributed by atoms with Crippen LogP contribution in [0.2, 0.25) is 0 Å². The van der Waals surface area contributed by atoms with Gasteiger partial charge in [-0.15, -0.1) is 0 Å². The van der Waals surface area contributed by atoms with Crippen LogP contribution < -0.4 is 4.90 Å². The topological polar surface area (TPSA) is 29.0 Å². The minimum atomic E-state index is -2.44. The second-order valence-corrected chi connectivity index (χ2v) is 7.36. The molecule has 5 heteroatoms. The van der Waals surface area contributed by atoms with Crippen LogP contribution in [0.3, 0.4) is 0 Å². The van der Waals surface area contributed by atoms with Gasteiger partial charge in [0.2, 0.25) is 5.95 Å². The standard InChI is InChI=1S/C19H19F2N3/c20-19(21)17(6-7-17)18(19)8-10-24(11-9-18)16-22-12-15(13-23-16)14-4-2-1-3-5-14/h1-5,12-13H,6-11H2. The number of anilines is 1. The van der Waals surface area contributed by atoms with E-state index < -0.39 is 16.8 Å². The van der Waals surface area contributed by atoms with Gasteiger partial charge in [0, 0.05) is 41.9 Å². The summed E-state index contributed by atoms with van der Waals surface area (Å²) in [4.78, 5) is 11.0. The summed E-state index contributed by atoms with van der Waals surface area (Å²) >= 11 is 0. The van der Waals surface area contributed by atoms with Gasteiger partial charge in [0.1, 0.15) is 0 Å². The van der Waals surface area contributed by atoms with Crippen molar-refractivity contribution in [3.63, 3.8) is 0 Å². The van der Waals surface area contributed by atoms with Gasteiger partial charge in [-0.1, -0.05) is 30.3 Å². The normalized spacial score (nSPS) is 25.0. The van der Waals surface area contributed by atoms with Crippen molar-refractivity contribution in [1.82, 2.24) is 9.97 Å². The molecule has 5 rings (SSSR count). The third-order valence-corrected chi connectivity index (χ3v) is 6.45. The molecule has 0 radical (unpaired) electrons. The van der Waals surface area contributed by atoms with Crippen molar-refractivity contribution in [2.45, 2.75) is 31.6 Å². The number of alkyl halides is 2. The summed E-state index contributed by atoms with van der Waals surface area (Å²) in [5, 5.41) is 0. The molecule has 0 N–H and O–H groups in total. The van der Waals surface area contributed by atoms with Gasteiger partial charge in [-0.25, -0.2) is 18.7 Å². The first-order chi connectivity index (χ1) is 11.6. The molecule has 0 atom stereocenters. The van der Waals surface area contributed by atoms with Crippen molar-refractivity contribution in [3.05, 3.63) is 42.7 Å². The maximum atomic E-state index is 14.2. The number of aromatic nitrogens is 2. The van der Waals surface area contributed by atoms with E-state index in [4.69, 9.17) is 0 Å². The highest BCUT2D eigenvalue weighted by Crippen LogP contribution is 2.89. The second kappa shape index (κ2) is 4.52. The smallest absolute Gasteiger partial charge is 0.260 e. The maximum Gasteiger partial charge on any atom is 0.260 e. The van der Waals surface area contributed by atoms with E-state index in [1.54, 1.807) is 0 Å². The molecule has 2 aromatic rings. The van der Waals surface area contributed by atoms with E-state index in [1.165, 1.54) is 0 Å². The fraction of sp³-hybridized carbons (Fsp3) is 0.474. The highest BCUT2D eigenvalue weighted by molar-refractivity contribution is 5.61. The van der Waals surface area contributed by atoms with E-state index in [2.05, 4.69) is 9.97 Å². The molecular weight excluding hydrogens is 308 g/mol. The van der Waals surface area contributed by atoms with Gasteiger partial charge >= 0.3 is 0 Å². The number of hydrogen-bond donors (Lipinski definition) is 0. The number of fused-ring (bicyclic) bond motifs is 1. The van der Waals surface area contributed by atoms with Crippen LogP contribution in [0.4, 0.5) is 14.7 Å². The Labute approximate surface area is 139 Å². The Morgan fingerprint density at radius 2 is 1.38 bits per heavy atom. The van der Waals surface area contributed by atoms with Gasteiger partial charge < -0.3 is 4.90 Å². The Bertz CT molecular complexity index is 755.